The summed E-state index contributed by atoms with van der Waals surface area (Å²) in [5.74, 6) is 3.30. The molecule has 3 aromatic heterocycles. The molecular weight excluding hydrogens is 737 g/mol. The number of fused-ring (bicyclic) bond motifs is 12. The lowest BCUT2D eigenvalue weighted by atomic mass is 9.72. The largest absolute Gasteiger partial charge is 0.458 e. The van der Waals surface area contributed by atoms with Gasteiger partial charge in [-0.15, -0.1) is 0 Å². The molecule has 60 heavy (non-hydrogen) atoms. The second-order valence-electron chi connectivity index (χ2n) is 16.9. The first-order valence-electron chi connectivity index (χ1n) is 20.5. The van der Waals surface area contributed by atoms with E-state index in [2.05, 4.69) is 204 Å². The van der Waals surface area contributed by atoms with Crippen LogP contribution in [-0.4, -0.2) is 23.7 Å². The number of imidazole rings is 3. The van der Waals surface area contributed by atoms with Crippen molar-refractivity contribution in [1.29, 1.82) is 0 Å². The summed E-state index contributed by atoms with van der Waals surface area (Å²) in [5.41, 5.74) is 14.8. The van der Waals surface area contributed by atoms with Gasteiger partial charge in [-0.1, -0.05) is 135 Å². The van der Waals surface area contributed by atoms with Crippen LogP contribution in [0.4, 0.5) is 0 Å². The Hall–Kier alpha value is -7.51. The van der Waals surface area contributed by atoms with Crippen LogP contribution < -0.4 is 9.30 Å². The summed E-state index contributed by atoms with van der Waals surface area (Å²) < 4.78 is 15.6. The van der Waals surface area contributed by atoms with Crippen molar-refractivity contribution in [2.45, 2.75) is 38.6 Å². The van der Waals surface area contributed by atoms with Gasteiger partial charge in [-0.3, -0.25) is 13.7 Å². The van der Waals surface area contributed by atoms with E-state index in [1.165, 1.54) is 22.3 Å². The molecule has 12 rings (SSSR count). The molecule has 0 saturated carbocycles. The second-order valence-corrected chi connectivity index (χ2v) is 16.9. The standard InChI is InChI=1S/C53H40N6O/c1-52(2)50-55-45-28-27-37(32-47(45)59(50)51-54-29-30-58(51)53(52,3)4)60-36-18-12-17-35(31-36)56-33-57-48-38(34-15-6-5-7-16-34)23-13-24-43(48)41-21-10-8-19-39(41)40-20-9-11-22-42(40)44-25-14-26-46(56)49(44)57/h5-32H,1-4H3. The molecule has 2 aliphatic rings. The molecule has 0 bridgehead atoms. The molecule has 0 unspecified atom stereocenters. The molecule has 0 spiro atoms. The highest BCUT2D eigenvalue weighted by atomic mass is 16.5. The van der Waals surface area contributed by atoms with Crippen LogP contribution in [0.2, 0.25) is 0 Å². The summed E-state index contributed by atoms with van der Waals surface area (Å²) in [6.45, 7) is 9.03. The van der Waals surface area contributed by atoms with E-state index in [1.54, 1.807) is 0 Å². The van der Waals surface area contributed by atoms with Crippen molar-refractivity contribution in [1.82, 2.24) is 23.7 Å². The highest BCUT2D eigenvalue weighted by Crippen LogP contribution is 2.48. The number of benzene rings is 7. The summed E-state index contributed by atoms with van der Waals surface area (Å²) in [6, 6.07) is 55.9. The molecule has 0 saturated heterocycles. The Labute approximate surface area is 348 Å². The van der Waals surface area contributed by atoms with Crippen molar-refractivity contribution in [2.75, 3.05) is 0 Å². The Kier molecular flexibility index (Phi) is 7.19. The third kappa shape index (κ3) is 4.80. The molecule has 0 amide bonds. The van der Waals surface area contributed by atoms with Gasteiger partial charge < -0.3 is 9.30 Å². The van der Waals surface area contributed by atoms with Crippen LogP contribution in [0, 0.1) is 6.33 Å². The van der Waals surface area contributed by atoms with Crippen molar-refractivity contribution in [3.05, 3.63) is 182 Å². The Bertz CT molecular complexity index is 3360. The lowest BCUT2D eigenvalue weighted by Gasteiger charge is -2.46. The number of hydrogen-bond donors (Lipinski definition) is 0. The highest BCUT2D eigenvalue weighted by Gasteiger charge is 2.48. The predicted molar refractivity (Wildman–Crippen MR) is 238 cm³/mol. The molecular formula is C53H40N6O. The molecule has 5 heterocycles. The van der Waals surface area contributed by atoms with Gasteiger partial charge in [0.05, 0.1) is 39.0 Å². The molecule has 0 fully saturated rings. The van der Waals surface area contributed by atoms with Crippen LogP contribution in [0.1, 0.15) is 33.5 Å². The fraction of sp³-hybridized carbons (Fsp3) is 0.113. The maximum absolute atomic E-state index is 6.73. The number of ether oxygens (including phenoxy) is 1. The summed E-state index contributed by atoms with van der Waals surface area (Å²) in [4.78, 5) is 9.96. The minimum Gasteiger partial charge on any atom is -0.458 e. The van der Waals surface area contributed by atoms with Gasteiger partial charge in [0.25, 0.3) is 6.33 Å². The van der Waals surface area contributed by atoms with E-state index in [-0.39, 0.29) is 11.0 Å². The van der Waals surface area contributed by atoms with Gasteiger partial charge in [-0.05, 0) is 88.7 Å². The molecule has 288 valence electrons. The molecule has 7 heteroatoms. The quantitative estimate of drug-likeness (QED) is 0.132. The number of hydrogen-bond acceptors (Lipinski definition) is 3. The lowest BCUT2D eigenvalue weighted by molar-refractivity contribution is -0.570. The average Bonchev–Trinajstić information content (AvgIpc) is 4.03. The first-order chi connectivity index (χ1) is 29.3. The maximum Gasteiger partial charge on any atom is 0.269 e. The Balaban J connectivity index is 1.04. The predicted octanol–water partition coefficient (Wildman–Crippen LogP) is 12.0. The molecule has 0 aliphatic carbocycles. The molecule has 2 aliphatic heterocycles. The van der Waals surface area contributed by atoms with Crippen LogP contribution in [0.3, 0.4) is 0 Å². The molecule has 0 N–H and O–H groups in total. The van der Waals surface area contributed by atoms with Crippen LogP contribution in [0.15, 0.2) is 170 Å². The van der Waals surface area contributed by atoms with Gasteiger partial charge in [0.1, 0.15) is 17.3 Å². The summed E-state index contributed by atoms with van der Waals surface area (Å²) in [7, 11) is 0. The van der Waals surface area contributed by atoms with Crippen LogP contribution in [0.5, 0.6) is 11.5 Å². The van der Waals surface area contributed by atoms with E-state index in [9.17, 15) is 0 Å². The van der Waals surface area contributed by atoms with Crippen molar-refractivity contribution in [2.24, 2.45) is 0 Å². The fourth-order valence-electron chi connectivity index (χ4n) is 9.52. The number of rotatable bonds is 4. The van der Waals surface area contributed by atoms with Crippen LogP contribution in [0.25, 0.3) is 83.9 Å². The van der Waals surface area contributed by atoms with Crippen molar-refractivity contribution in [3.63, 3.8) is 0 Å². The van der Waals surface area contributed by atoms with Gasteiger partial charge in [0, 0.05) is 23.9 Å². The zero-order valence-corrected chi connectivity index (χ0v) is 33.8. The van der Waals surface area contributed by atoms with Gasteiger partial charge in [0.15, 0.2) is 0 Å². The minimum absolute atomic E-state index is 0.218. The first kappa shape index (κ1) is 34.5. The average molecular weight is 777 g/mol. The Morgan fingerprint density at radius 1 is 0.583 bits per heavy atom. The number of para-hydroxylation sites is 2. The highest BCUT2D eigenvalue weighted by molar-refractivity contribution is 6.01. The van der Waals surface area contributed by atoms with Crippen molar-refractivity contribution in [3.8, 4) is 73.3 Å². The van der Waals surface area contributed by atoms with E-state index < -0.39 is 0 Å². The normalized spacial score (nSPS) is 14.3. The van der Waals surface area contributed by atoms with E-state index >= 15 is 0 Å². The topological polar surface area (TPSA) is 53.7 Å². The summed E-state index contributed by atoms with van der Waals surface area (Å²) in [5, 5.41) is 0. The molecule has 7 nitrogen and oxygen atoms in total. The maximum atomic E-state index is 6.73. The smallest absolute Gasteiger partial charge is 0.269 e. The van der Waals surface area contributed by atoms with Gasteiger partial charge in [-0.25, -0.2) is 9.97 Å². The summed E-state index contributed by atoms with van der Waals surface area (Å²) in [6.07, 6.45) is 7.84. The van der Waals surface area contributed by atoms with Crippen LogP contribution in [-0.2, 0) is 11.0 Å². The van der Waals surface area contributed by atoms with Gasteiger partial charge in [-0.2, -0.15) is 0 Å². The SMILES string of the molecule is CC1(C)c2nc3ccc(Oc4cccc(-n5[c-][n+]6c7c(cccc75)-c5ccccc5-c5ccccc5-c5cccc(-c7ccccc7)c5-6)c4)cc3n2-c2nccn2C1(C)C. The minimum atomic E-state index is -0.256. The van der Waals surface area contributed by atoms with E-state index in [4.69, 9.17) is 14.7 Å². The van der Waals surface area contributed by atoms with Crippen molar-refractivity contribution >= 4 is 22.1 Å². The van der Waals surface area contributed by atoms with E-state index in [1.807, 2.05) is 18.3 Å². The molecule has 0 radical (unpaired) electrons. The van der Waals surface area contributed by atoms with E-state index in [0.29, 0.717) is 0 Å². The molecule has 7 aromatic carbocycles. The third-order valence-electron chi connectivity index (χ3n) is 13.2. The molecule has 0 atom stereocenters. The Morgan fingerprint density at radius 2 is 1.22 bits per heavy atom. The van der Waals surface area contributed by atoms with Gasteiger partial charge in [0.2, 0.25) is 5.95 Å². The molecule has 10 aromatic rings. The number of aromatic nitrogens is 6. The zero-order chi connectivity index (χ0) is 40.3. The monoisotopic (exact) mass is 776 g/mol. The van der Waals surface area contributed by atoms with Crippen molar-refractivity contribution < 1.29 is 9.30 Å². The third-order valence-corrected chi connectivity index (χ3v) is 13.2. The zero-order valence-electron chi connectivity index (χ0n) is 33.8. The second kappa shape index (κ2) is 12.5. The lowest BCUT2D eigenvalue weighted by Crippen LogP contribution is -2.50. The first-order valence-corrected chi connectivity index (χ1v) is 20.5. The number of nitrogens with zero attached hydrogens (tertiary/aromatic N) is 6. The van der Waals surface area contributed by atoms with E-state index in [0.717, 1.165) is 79.0 Å². The summed E-state index contributed by atoms with van der Waals surface area (Å²) >= 11 is 0. The fourth-order valence-corrected chi connectivity index (χ4v) is 9.52. The van der Waals surface area contributed by atoms with Crippen LogP contribution >= 0.6 is 0 Å². The van der Waals surface area contributed by atoms with Gasteiger partial charge >= 0.3 is 0 Å². The Morgan fingerprint density at radius 3 is 2.00 bits per heavy atom.